The summed E-state index contributed by atoms with van der Waals surface area (Å²) < 4.78 is 11.2. The zero-order valence-corrected chi connectivity index (χ0v) is 14.9. The molecule has 3 aromatic rings. The fourth-order valence-corrected chi connectivity index (χ4v) is 3.56. The van der Waals surface area contributed by atoms with Crippen molar-refractivity contribution in [2.45, 2.75) is 25.2 Å². The first-order chi connectivity index (χ1) is 12.7. The molecule has 0 atom stereocenters. The molecule has 1 aliphatic heterocycles. The Balaban J connectivity index is 1.39. The van der Waals surface area contributed by atoms with Gasteiger partial charge in [-0.15, -0.1) is 0 Å². The fourth-order valence-electron chi connectivity index (χ4n) is 3.56. The van der Waals surface area contributed by atoms with Crippen molar-refractivity contribution in [3.8, 4) is 5.75 Å². The van der Waals surface area contributed by atoms with E-state index in [0.29, 0.717) is 6.42 Å². The quantitative estimate of drug-likeness (QED) is 0.718. The number of amides is 1. The number of fused-ring (bicyclic) bond motifs is 1. The van der Waals surface area contributed by atoms with Crippen LogP contribution in [0.3, 0.4) is 0 Å². The summed E-state index contributed by atoms with van der Waals surface area (Å²) in [6.07, 6.45) is 2.13. The highest BCUT2D eigenvalue weighted by atomic mass is 16.5. The first-order valence-corrected chi connectivity index (χ1v) is 8.99. The maximum atomic E-state index is 12.7. The molecule has 134 valence electrons. The predicted octanol–water partition coefficient (Wildman–Crippen LogP) is 3.79. The summed E-state index contributed by atoms with van der Waals surface area (Å²) in [5, 5.41) is 0. The van der Waals surface area contributed by atoms with E-state index in [-0.39, 0.29) is 11.8 Å². The molecular weight excluding hydrogens is 328 g/mol. The minimum atomic E-state index is 0.144. The number of benzene rings is 2. The third-order valence-corrected chi connectivity index (χ3v) is 5.04. The summed E-state index contributed by atoms with van der Waals surface area (Å²) in [6.45, 7) is 1.47. The smallest absolute Gasteiger partial charge is 0.227 e. The number of hydrogen-bond donors (Lipinski definition) is 0. The number of nitrogens with zero attached hydrogens (tertiary/aromatic N) is 2. The first kappa shape index (κ1) is 16.6. The molecule has 1 amide bonds. The second-order valence-corrected chi connectivity index (χ2v) is 6.66. The van der Waals surface area contributed by atoms with Gasteiger partial charge >= 0.3 is 0 Å². The van der Waals surface area contributed by atoms with Crippen molar-refractivity contribution in [2.75, 3.05) is 20.2 Å². The number of rotatable bonds is 4. The summed E-state index contributed by atoms with van der Waals surface area (Å²) >= 11 is 0. The molecule has 5 heteroatoms. The third-order valence-electron chi connectivity index (χ3n) is 5.04. The van der Waals surface area contributed by atoms with Gasteiger partial charge in [0.05, 0.1) is 13.5 Å². The number of carbonyl (C=O) groups is 1. The highest BCUT2D eigenvalue weighted by Gasteiger charge is 2.27. The van der Waals surface area contributed by atoms with Gasteiger partial charge in [-0.1, -0.05) is 30.3 Å². The van der Waals surface area contributed by atoms with Gasteiger partial charge in [0.2, 0.25) is 5.91 Å². The van der Waals surface area contributed by atoms with Crippen molar-refractivity contribution >= 4 is 17.0 Å². The Kier molecular flexibility index (Phi) is 4.61. The lowest BCUT2D eigenvalue weighted by Gasteiger charge is -2.30. The highest BCUT2D eigenvalue weighted by molar-refractivity contribution is 5.79. The topological polar surface area (TPSA) is 55.6 Å². The van der Waals surface area contributed by atoms with Gasteiger partial charge in [0.15, 0.2) is 11.5 Å². The third kappa shape index (κ3) is 3.29. The second kappa shape index (κ2) is 7.20. The van der Waals surface area contributed by atoms with Crippen LogP contribution in [0.2, 0.25) is 0 Å². The van der Waals surface area contributed by atoms with Gasteiger partial charge in [-0.3, -0.25) is 4.79 Å². The van der Waals surface area contributed by atoms with E-state index in [1.165, 1.54) is 0 Å². The van der Waals surface area contributed by atoms with Crippen LogP contribution in [-0.2, 0) is 11.2 Å². The van der Waals surface area contributed by atoms with Crippen LogP contribution in [0.25, 0.3) is 11.1 Å². The van der Waals surface area contributed by atoms with Crippen LogP contribution < -0.4 is 4.74 Å². The molecule has 0 saturated carbocycles. The van der Waals surface area contributed by atoms with Crippen LogP contribution in [0.5, 0.6) is 5.75 Å². The summed E-state index contributed by atoms with van der Waals surface area (Å²) in [6, 6.07) is 15.5. The van der Waals surface area contributed by atoms with E-state index in [0.717, 1.165) is 54.2 Å². The lowest BCUT2D eigenvalue weighted by atomic mass is 9.96. The number of aromatic nitrogens is 1. The Morgan fingerprint density at radius 2 is 1.88 bits per heavy atom. The largest absolute Gasteiger partial charge is 0.496 e. The molecule has 1 aromatic heterocycles. The minimum Gasteiger partial charge on any atom is -0.496 e. The highest BCUT2D eigenvalue weighted by Crippen LogP contribution is 2.30. The van der Waals surface area contributed by atoms with Crippen molar-refractivity contribution in [2.24, 2.45) is 0 Å². The number of para-hydroxylation sites is 3. The Labute approximate surface area is 152 Å². The lowest BCUT2D eigenvalue weighted by Crippen LogP contribution is -2.38. The van der Waals surface area contributed by atoms with Gasteiger partial charge in [-0.25, -0.2) is 4.98 Å². The van der Waals surface area contributed by atoms with Crippen LogP contribution >= 0.6 is 0 Å². The number of likely N-dealkylation sites (tertiary alicyclic amines) is 1. The monoisotopic (exact) mass is 350 g/mol. The molecule has 0 unspecified atom stereocenters. The maximum absolute atomic E-state index is 12.7. The van der Waals surface area contributed by atoms with E-state index in [9.17, 15) is 4.79 Å². The zero-order valence-electron chi connectivity index (χ0n) is 14.9. The first-order valence-electron chi connectivity index (χ1n) is 8.99. The van der Waals surface area contributed by atoms with Gasteiger partial charge < -0.3 is 14.1 Å². The molecule has 0 spiro atoms. The van der Waals surface area contributed by atoms with Gasteiger partial charge in [0.25, 0.3) is 0 Å². The molecule has 0 aliphatic carbocycles. The molecule has 5 nitrogen and oxygen atoms in total. The SMILES string of the molecule is COc1ccccc1CC(=O)N1CCC(c2nc3ccccc3o2)CC1. The van der Waals surface area contributed by atoms with E-state index in [1.54, 1.807) is 7.11 Å². The second-order valence-electron chi connectivity index (χ2n) is 6.66. The molecular formula is C21H22N2O3. The Morgan fingerprint density at radius 3 is 2.65 bits per heavy atom. The molecule has 2 heterocycles. The van der Waals surface area contributed by atoms with Crippen molar-refractivity contribution < 1.29 is 13.9 Å². The minimum absolute atomic E-state index is 0.144. The summed E-state index contributed by atoms with van der Waals surface area (Å²) in [5.74, 6) is 1.98. The van der Waals surface area contributed by atoms with Crippen molar-refractivity contribution in [1.29, 1.82) is 0 Å². The van der Waals surface area contributed by atoms with Crippen LogP contribution in [0, 0.1) is 0 Å². The van der Waals surface area contributed by atoms with Crippen LogP contribution in [-0.4, -0.2) is 36.0 Å². The maximum Gasteiger partial charge on any atom is 0.227 e. The summed E-state index contributed by atoms with van der Waals surface area (Å²) in [4.78, 5) is 19.2. The van der Waals surface area contributed by atoms with E-state index in [1.807, 2.05) is 53.4 Å². The summed E-state index contributed by atoms with van der Waals surface area (Å²) in [7, 11) is 1.63. The van der Waals surface area contributed by atoms with Crippen LogP contribution in [0.1, 0.15) is 30.2 Å². The van der Waals surface area contributed by atoms with Crippen LogP contribution in [0.4, 0.5) is 0 Å². The van der Waals surface area contributed by atoms with Gasteiger partial charge in [0, 0.05) is 24.6 Å². The molecule has 26 heavy (non-hydrogen) atoms. The van der Waals surface area contributed by atoms with E-state index in [4.69, 9.17) is 9.15 Å². The van der Waals surface area contributed by atoms with Crippen molar-refractivity contribution in [3.05, 3.63) is 60.0 Å². The molecule has 4 rings (SSSR count). The zero-order chi connectivity index (χ0) is 17.9. The predicted molar refractivity (Wildman–Crippen MR) is 99.3 cm³/mol. The molecule has 1 saturated heterocycles. The molecule has 0 radical (unpaired) electrons. The molecule has 1 fully saturated rings. The van der Waals surface area contributed by atoms with E-state index >= 15 is 0 Å². The molecule has 0 bridgehead atoms. The average Bonchev–Trinajstić information content (AvgIpc) is 3.13. The number of methoxy groups -OCH3 is 1. The number of carbonyl (C=O) groups excluding carboxylic acids is 1. The Morgan fingerprint density at radius 1 is 1.15 bits per heavy atom. The lowest BCUT2D eigenvalue weighted by molar-refractivity contribution is -0.131. The number of hydrogen-bond acceptors (Lipinski definition) is 4. The molecule has 0 N–H and O–H groups in total. The van der Waals surface area contributed by atoms with E-state index in [2.05, 4.69) is 4.98 Å². The van der Waals surface area contributed by atoms with Gasteiger partial charge in [0.1, 0.15) is 11.3 Å². The van der Waals surface area contributed by atoms with Gasteiger partial charge in [-0.2, -0.15) is 0 Å². The normalized spacial score (nSPS) is 15.3. The standard InChI is InChI=1S/C21H22N2O3/c1-25-18-8-4-2-6-16(18)14-20(24)23-12-10-15(11-13-23)21-22-17-7-3-5-9-19(17)26-21/h2-9,15H,10-14H2,1H3. The number of piperidine rings is 1. The fraction of sp³-hybridized carbons (Fsp3) is 0.333. The number of oxazole rings is 1. The molecule has 2 aromatic carbocycles. The summed E-state index contributed by atoms with van der Waals surface area (Å²) in [5.41, 5.74) is 2.66. The molecule has 1 aliphatic rings. The van der Waals surface area contributed by atoms with Crippen molar-refractivity contribution in [3.63, 3.8) is 0 Å². The van der Waals surface area contributed by atoms with Crippen molar-refractivity contribution in [1.82, 2.24) is 9.88 Å². The average molecular weight is 350 g/mol. The number of ether oxygens (including phenoxy) is 1. The van der Waals surface area contributed by atoms with Gasteiger partial charge in [-0.05, 0) is 31.0 Å². The Hall–Kier alpha value is -2.82. The van der Waals surface area contributed by atoms with Crippen LogP contribution in [0.15, 0.2) is 52.9 Å². The van der Waals surface area contributed by atoms with E-state index < -0.39 is 0 Å². The Bertz CT molecular complexity index is 877.